The Morgan fingerprint density at radius 1 is 0.786 bits per heavy atom. The maximum Gasteiger partial charge on any atom is 0.220 e. The third-order valence-corrected chi connectivity index (χ3v) is 5.86. The van der Waals surface area contributed by atoms with Gasteiger partial charge in [-0.1, -0.05) is 56.3 Å². The van der Waals surface area contributed by atoms with Crippen molar-refractivity contribution in [2.45, 2.75) is 33.6 Å². The number of fused-ring (bicyclic) bond motifs is 1. The summed E-state index contributed by atoms with van der Waals surface area (Å²) in [6.45, 7) is 9.00. The number of pyridine rings is 1. The lowest BCUT2D eigenvalue weighted by atomic mass is 9.90. The smallest absolute Gasteiger partial charge is 0.200 e. The van der Waals surface area contributed by atoms with Crippen LogP contribution >= 0.6 is 0 Å². The van der Waals surface area contributed by atoms with Crippen molar-refractivity contribution in [2.24, 2.45) is 7.05 Å². The van der Waals surface area contributed by atoms with Gasteiger partial charge in [0.15, 0.2) is 6.20 Å². The van der Waals surface area contributed by atoms with Crippen molar-refractivity contribution in [1.29, 1.82) is 0 Å². The fourth-order valence-corrected chi connectivity index (χ4v) is 3.98. The summed E-state index contributed by atoms with van der Waals surface area (Å²) in [4.78, 5) is 0. The SMILES string of the molecule is Cc1cc(C(C)C)cc(-c2c3ccc(-c4ccccc4)cc3cc[n+]2C)c1C. The van der Waals surface area contributed by atoms with E-state index in [1.807, 2.05) is 0 Å². The number of hydrogen-bond donors (Lipinski definition) is 0. The molecule has 0 aliphatic carbocycles. The minimum Gasteiger partial charge on any atom is -0.200 e. The molecule has 0 aliphatic rings. The van der Waals surface area contributed by atoms with E-state index in [-0.39, 0.29) is 0 Å². The minimum absolute atomic E-state index is 0.517. The van der Waals surface area contributed by atoms with E-state index in [0.717, 1.165) is 0 Å². The molecule has 28 heavy (non-hydrogen) atoms. The molecule has 4 aromatic rings. The summed E-state index contributed by atoms with van der Waals surface area (Å²) in [6, 6.07) is 24.4. The van der Waals surface area contributed by atoms with E-state index >= 15 is 0 Å². The average molecular weight is 367 g/mol. The molecule has 4 rings (SSSR count). The summed E-state index contributed by atoms with van der Waals surface area (Å²) in [7, 11) is 2.15. The Labute approximate surface area is 168 Å². The lowest BCUT2D eigenvalue weighted by Gasteiger charge is -2.15. The monoisotopic (exact) mass is 366 g/mol. The molecule has 0 unspecified atom stereocenters. The largest absolute Gasteiger partial charge is 0.220 e. The molecule has 0 amide bonds. The van der Waals surface area contributed by atoms with Crippen LogP contribution in [0.3, 0.4) is 0 Å². The van der Waals surface area contributed by atoms with Crippen molar-refractivity contribution < 1.29 is 4.57 Å². The molecule has 1 aromatic heterocycles. The van der Waals surface area contributed by atoms with Gasteiger partial charge < -0.3 is 0 Å². The van der Waals surface area contributed by atoms with Crippen molar-refractivity contribution in [1.82, 2.24) is 0 Å². The van der Waals surface area contributed by atoms with Crippen molar-refractivity contribution in [2.75, 3.05) is 0 Å². The lowest BCUT2D eigenvalue weighted by Crippen LogP contribution is -2.30. The van der Waals surface area contributed by atoms with Crippen molar-refractivity contribution in [3.8, 4) is 22.4 Å². The third kappa shape index (κ3) is 3.22. The van der Waals surface area contributed by atoms with Gasteiger partial charge in [-0.3, -0.25) is 0 Å². The van der Waals surface area contributed by atoms with Gasteiger partial charge >= 0.3 is 0 Å². The van der Waals surface area contributed by atoms with E-state index in [0.29, 0.717) is 5.92 Å². The molecule has 1 heteroatoms. The van der Waals surface area contributed by atoms with Gasteiger partial charge in [-0.2, -0.15) is 0 Å². The zero-order valence-corrected chi connectivity index (χ0v) is 17.5. The van der Waals surface area contributed by atoms with Gasteiger partial charge in [0.25, 0.3) is 0 Å². The van der Waals surface area contributed by atoms with E-state index in [1.165, 1.54) is 49.8 Å². The highest BCUT2D eigenvalue weighted by Gasteiger charge is 2.19. The second kappa shape index (κ2) is 7.24. The average Bonchev–Trinajstić information content (AvgIpc) is 2.70. The van der Waals surface area contributed by atoms with Crippen LogP contribution in [0.15, 0.2) is 72.9 Å². The van der Waals surface area contributed by atoms with Crippen LogP contribution in [-0.4, -0.2) is 0 Å². The number of nitrogens with zero attached hydrogens (tertiary/aromatic N) is 1. The molecule has 0 N–H and O–H groups in total. The summed E-state index contributed by atoms with van der Waals surface area (Å²) in [5, 5.41) is 2.58. The second-order valence-corrected chi connectivity index (χ2v) is 8.11. The molecule has 0 saturated heterocycles. The van der Waals surface area contributed by atoms with Crippen LogP contribution in [-0.2, 0) is 7.05 Å². The Hall–Kier alpha value is -2.93. The first-order chi connectivity index (χ1) is 13.5. The number of hydrogen-bond acceptors (Lipinski definition) is 0. The fourth-order valence-electron chi connectivity index (χ4n) is 3.98. The summed E-state index contributed by atoms with van der Waals surface area (Å²) in [6.07, 6.45) is 2.18. The first kappa shape index (κ1) is 18.4. The minimum atomic E-state index is 0.517. The molecule has 1 nitrogen and oxygen atoms in total. The van der Waals surface area contributed by atoms with Gasteiger partial charge in [0.2, 0.25) is 5.69 Å². The zero-order valence-electron chi connectivity index (χ0n) is 17.5. The molecule has 0 aliphatic heterocycles. The predicted octanol–water partition coefficient (Wildman–Crippen LogP) is 6.74. The lowest BCUT2D eigenvalue weighted by molar-refractivity contribution is -0.659. The second-order valence-electron chi connectivity index (χ2n) is 8.11. The summed E-state index contributed by atoms with van der Waals surface area (Å²) < 4.78 is 2.26. The Bertz CT molecular complexity index is 1150. The van der Waals surface area contributed by atoms with Gasteiger partial charge in [0, 0.05) is 6.07 Å². The van der Waals surface area contributed by atoms with Crippen molar-refractivity contribution in [3.63, 3.8) is 0 Å². The molecule has 0 bridgehead atoms. The summed E-state index contributed by atoms with van der Waals surface area (Å²) in [5.41, 5.74) is 9.27. The molecule has 140 valence electrons. The highest BCUT2D eigenvalue weighted by molar-refractivity contribution is 5.96. The van der Waals surface area contributed by atoms with Crippen molar-refractivity contribution in [3.05, 3.63) is 89.6 Å². The van der Waals surface area contributed by atoms with Crippen molar-refractivity contribution >= 4 is 10.8 Å². The van der Waals surface area contributed by atoms with Crippen LogP contribution in [0.25, 0.3) is 33.2 Å². The molecule has 0 saturated carbocycles. The molecule has 0 atom stereocenters. The summed E-state index contributed by atoms with van der Waals surface area (Å²) >= 11 is 0. The van der Waals surface area contributed by atoms with Gasteiger partial charge in [0.05, 0.1) is 10.9 Å². The van der Waals surface area contributed by atoms with Gasteiger partial charge in [-0.15, -0.1) is 0 Å². The van der Waals surface area contributed by atoms with E-state index in [1.54, 1.807) is 0 Å². The number of aryl methyl sites for hydroxylation is 2. The number of aromatic nitrogens is 1. The Balaban J connectivity index is 1.97. The van der Waals surface area contributed by atoms with Gasteiger partial charge in [-0.25, -0.2) is 4.57 Å². The highest BCUT2D eigenvalue weighted by atomic mass is 14.9. The van der Waals surface area contributed by atoms with E-state index in [2.05, 4.69) is 112 Å². The normalized spacial score (nSPS) is 11.4. The Kier molecular flexibility index (Phi) is 4.77. The molecule has 1 heterocycles. The van der Waals surface area contributed by atoms with Gasteiger partial charge in [-0.05, 0) is 71.2 Å². The maximum atomic E-state index is 2.38. The predicted molar refractivity (Wildman–Crippen MR) is 120 cm³/mol. The maximum absolute atomic E-state index is 2.38. The molecule has 3 aromatic carbocycles. The Morgan fingerprint density at radius 3 is 2.25 bits per heavy atom. The zero-order chi connectivity index (χ0) is 19.8. The first-order valence-electron chi connectivity index (χ1n) is 10.0. The topological polar surface area (TPSA) is 3.88 Å². The quantitative estimate of drug-likeness (QED) is 0.354. The Morgan fingerprint density at radius 2 is 1.54 bits per heavy atom. The number of rotatable bonds is 3. The van der Waals surface area contributed by atoms with Crippen LogP contribution in [0.4, 0.5) is 0 Å². The van der Waals surface area contributed by atoms with Gasteiger partial charge in [0.1, 0.15) is 7.05 Å². The first-order valence-corrected chi connectivity index (χ1v) is 10.0. The van der Waals surface area contributed by atoms with Crippen LogP contribution in [0.2, 0.25) is 0 Å². The molecule has 0 fully saturated rings. The molecule has 0 radical (unpaired) electrons. The van der Waals surface area contributed by atoms with E-state index in [4.69, 9.17) is 0 Å². The number of benzene rings is 3. The fraction of sp³-hybridized carbons (Fsp3) is 0.222. The van der Waals surface area contributed by atoms with E-state index < -0.39 is 0 Å². The summed E-state index contributed by atoms with van der Waals surface area (Å²) in [5.74, 6) is 0.517. The molecule has 0 spiro atoms. The highest BCUT2D eigenvalue weighted by Crippen LogP contribution is 2.34. The molecular formula is C27H28N+. The molecular weight excluding hydrogens is 338 g/mol. The van der Waals surface area contributed by atoms with Crippen LogP contribution in [0.5, 0.6) is 0 Å². The van der Waals surface area contributed by atoms with Crippen LogP contribution in [0.1, 0.15) is 36.5 Å². The van der Waals surface area contributed by atoms with E-state index in [9.17, 15) is 0 Å². The van der Waals surface area contributed by atoms with Crippen LogP contribution in [0, 0.1) is 13.8 Å². The van der Waals surface area contributed by atoms with Crippen LogP contribution < -0.4 is 4.57 Å². The standard InChI is InChI=1S/C27H28N/c1-18(2)24-15-19(3)20(4)26(17-24)27-25-12-11-22(21-9-7-6-8-10-21)16-23(25)13-14-28(27)5/h6-18H,1-5H3/q+1. The third-order valence-electron chi connectivity index (χ3n) is 5.86.